The molecule has 0 aliphatic rings. The van der Waals surface area contributed by atoms with Crippen LogP contribution in [0.4, 0.5) is 0 Å². The molecule has 0 spiro atoms. The molecule has 1 amide bonds. The Morgan fingerprint density at radius 2 is 2.35 bits per heavy atom. The maximum absolute atomic E-state index is 11.6. The first-order valence-electron chi connectivity index (χ1n) is 5.55. The summed E-state index contributed by atoms with van der Waals surface area (Å²) >= 11 is 1.06. The molecule has 2 N–H and O–H groups in total. The molecule has 0 saturated carbocycles. The SMILES string of the molecule is O=C(O)Cn1nnnc1SCC(=O)NCc1ccco1. The average Bonchev–Trinajstić information content (AvgIpc) is 3.04. The molecule has 2 aromatic rings. The molecular formula is C10H11N5O4S. The van der Waals surface area contributed by atoms with Crippen LogP contribution in [-0.2, 0) is 22.7 Å². The van der Waals surface area contributed by atoms with Crippen LogP contribution < -0.4 is 5.32 Å². The van der Waals surface area contributed by atoms with Crippen LogP contribution in [0.25, 0.3) is 0 Å². The van der Waals surface area contributed by atoms with Crippen LogP contribution in [0.5, 0.6) is 0 Å². The Hall–Kier alpha value is -2.36. The predicted octanol–water partition coefficient (Wildman–Crippen LogP) is -0.241. The van der Waals surface area contributed by atoms with Gasteiger partial charge in [0.25, 0.3) is 0 Å². The largest absolute Gasteiger partial charge is 0.480 e. The molecule has 0 atom stereocenters. The zero-order chi connectivity index (χ0) is 14.4. The van der Waals surface area contributed by atoms with E-state index in [0.717, 1.165) is 16.4 Å². The summed E-state index contributed by atoms with van der Waals surface area (Å²) in [7, 11) is 0. The van der Waals surface area contributed by atoms with E-state index in [2.05, 4.69) is 20.8 Å². The standard InChI is InChI=1S/C10H11N5O4S/c16-8(11-4-7-2-1-3-19-7)6-20-10-12-13-14-15(10)5-9(17)18/h1-3H,4-6H2,(H,11,16)(H,17,18). The number of aliphatic carboxylic acids is 1. The average molecular weight is 297 g/mol. The quantitative estimate of drug-likeness (QED) is 0.671. The molecule has 0 aromatic carbocycles. The van der Waals surface area contributed by atoms with Crippen LogP contribution in [0.15, 0.2) is 28.0 Å². The van der Waals surface area contributed by atoms with Crippen molar-refractivity contribution in [3.63, 3.8) is 0 Å². The van der Waals surface area contributed by atoms with Gasteiger partial charge in [0.1, 0.15) is 12.3 Å². The second-order valence-electron chi connectivity index (χ2n) is 3.66. The molecular weight excluding hydrogens is 286 g/mol. The fourth-order valence-electron chi connectivity index (χ4n) is 1.31. The normalized spacial score (nSPS) is 10.4. The summed E-state index contributed by atoms with van der Waals surface area (Å²) < 4.78 is 6.19. The van der Waals surface area contributed by atoms with E-state index in [1.165, 1.54) is 6.26 Å². The third-order valence-corrected chi connectivity index (χ3v) is 3.11. The van der Waals surface area contributed by atoms with Crippen LogP contribution in [0.1, 0.15) is 5.76 Å². The molecule has 2 aromatic heterocycles. The van der Waals surface area contributed by atoms with Crippen molar-refractivity contribution in [2.45, 2.75) is 18.2 Å². The van der Waals surface area contributed by atoms with Gasteiger partial charge in [-0.2, -0.15) is 0 Å². The Kier molecular flexibility index (Phi) is 4.71. The van der Waals surface area contributed by atoms with Crippen molar-refractivity contribution in [3.05, 3.63) is 24.2 Å². The smallest absolute Gasteiger partial charge is 0.325 e. The highest BCUT2D eigenvalue weighted by atomic mass is 32.2. The Balaban J connectivity index is 1.78. The predicted molar refractivity (Wildman–Crippen MR) is 66.7 cm³/mol. The molecule has 0 fully saturated rings. The fourth-order valence-corrected chi connectivity index (χ4v) is 2.01. The number of hydrogen-bond donors (Lipinski definition) is 2. The third-order valence-electron chi connectivity index (χ3n) is 2.16. The minimum absolute atomic E-state index is 0.0840. The monoisotopic (exact) mass is 297 g/mol. The number of tetrazole rings is 1. The molecule has 0 aliphatic carbocycles. The van der Waals surface area contributed by atoms with Gasteiger partial charge in [0.2, 0.25) is 11.1 Å². The van der Waals surface area contributed by atoms with Gasteiger partial charge in [0.15, 0.2) is 0 Å². The van der Waals surface area contributed by atoms with Crippen LogP contribution in [0, 0.1) is 0 Å². The minimum atomic E-state index is -1.05. The first-order valence-corrected chi connectivity index (χ1v) is 6.53. The van der Waals surface area contributed by atoms with Gasteiger partial charge < -0.3 is 14.8 Å². The molecule has 0 bridgehead atoms. The van der Waals surface area contributed by atoms with Crippen molar-refractivity contribution >= 4 is 23.6 Å². The van der Waals surface area contributed by atoms with E-state index in [1.54, 1.807) is 12.1 Å². The molecule has 10 heteroatoms. The van der Waals surface area contributed by atoms with Crippen molar-refractivity contribution in [1.29, 1.82) is 0 Å². The van der Waals surface area contributed by atoms with E-state index in [4.69, 9.17) is 9.52 Å². The molecule has 20 heavy (non-hydrogen) atoms. The zero-order valence-corrected chi connectivity index (χ0v) is 11.0. The van der Waals surface area contributed by atoms with E-state index in [9.17, 15) is 9.59 Å². The highest BCUT2D eigenvalue weighted by molar-refractivity contribution is 7.99. The van der Waals surface area contributed by atoms with Crippen molar-refractivity contribution in [1.82, 2.24) is 25.5 Å². The molecule has 0 aliphatic heterocycles. The highest BCUT2D eigenvalue weighted by Gasteiger charge is 2.12. The first-order chi connectivity index (χ1) is 9.65. The van der Waals surface area contributed by atoms with Gasteiger partial charge in [-0.25, -0.2) is 4.68 Å². The fraction of sp³-hybridized carbons (Fsp3) is 0.300. The number of rotatable bonds is 7. The number of carboxylic acids is 1. The second-order valence-corrected chi connectivity index (χ2v) is 4.60. The molecule has 106 valence electrons. The summed E-state index contributed by atoms with van der Waals surface area (Å²) in [5.74, 6) is -0.544. The van der Waals surface area contributed by atoms with Gasteiger partial charge in [-0.1, -0.05) is 11.8 Å². The van der Waals surface area contributed by atoms with Crippen LogP contribution in [0.3, 0.4) is 0 Å². The molecule has 2 rings (SSSR count). The number of nitrogens with one attached hydrogen (secondary N) is 1. The number of carbonyl (C=O) groups is 2. The zero-order valence-electron chi connectivity index (χ0n) is 10.2. The third kappa shape index (κ3) is 4.09. The Morgan fingerprint density at radius 1 is 1.50 bits per heavy atom. The molecule has 0 unspecified atom stereocenters. The summed E-state index contributed by atoms with van der Waals surface area (Å²) in [4.78, 5) is 22.2. The number of amides is 1. The van der Waals surface area contributed by atoms with Gasteiger partial charge in [-0.15, -0.1) is 5.10 Å². The van der Waals surface area contributed by atoms with Crippen LogP contribution >= 0.6 is 11.8 Å². The summed E-state index contributed by atoms with van der Waals surface area (Å²) in [6.45, 7) is -0.0458. The molecule has 0 saturated heterocycles. The molecule has 9 nitrogen and oxygen atoms in total. The summed E-state index contributed by atoms with van der Waals surface area (Å²) in [5, 5.41) is 22.2. The Labute approximate surface area is 117 Å². The van der Waals surface area contributed by atoms with E-state index in [-0.39, 0.29) is 23.4 Å². The number of carboxylic acid groups (broad SMARTS) is 1. The topological polar surface area (TPSA) is 123 Å². The Bertz CT molecular complexity index is 582. The van der Waals surface area contributed by atoms with Gasteiger partial charge in [0, 0.05) is 0 Å². The second kappa shape index (κ2) is 6.70. The van der Waals surface area contributed by atoms with Crippen molar-refractivity contribution in [2.24, 2.45) is 0 Å². The number of hydrogen-bond acceptors (Lipinski definition) is 7. The number of nitrogens with zero attached hydrogens (tertiary/aromatic N) is 4. The minimum Gasteiger partial charge on any atom is -0.480 e. The number of furan rings is 1. The van der Waals surface area contributed by atoms with Crippen molar-refractivity contribution in [3.8, 4) is 0 Å². The van der Waals surface area contributed by atoms with E-state index >= 15 is 0 Å². The summed E-state index contributed by atoms with van der Waals surface area (Å²) in [6.07, 6.45) is 1.52. The summed E-state index contributed by atoms with van der Waals surface area (Å²) in [6, 6.07) is 3.48. The number of thioether (sulfide) groups is 1. The summed E-state index contributed by atoms with van der Waals surface area (Å²) in [5.41, 5.74) is 0. The maximum atomic E-state index is 11.6. The first kappa shape index (κ1) is 14.1. The van der Waals surface area contributed by atoms with Gasteiger partial charge in [-0.3, -0.25) is 9.59 Å². The lowest BCUT2D eigenvalue weighted by atomic mass is 10.4. The maximum Gasteiger partial charge on any atom is 0.325 e. The van der Waals surface area contributed by atoms with Gasteiger partial charge in [0.05, 0.1) is 18.6 Å². The number of carbonyl (C=O) groups excluding carboxylic acids is 1. The highest BCUT2D eigenvalue weighted by Crippen LogP contribution is 2.12. The van der Waals surface area contributed by atoms with Crippen molar-refractivity contribution < 1.29 is 19.1 Å². The van der Waals surface area contributed by atoms with Crippen LogP contribution in [0.2, 0.25) is 0 Å². The van der Waals surface area contributed by atoms with Gasteiger partial charge >= 0.3 is 5.97 Å². The van der Waals surface area contributed by atoms with E-state index in [0.29, 0.717) is 12.3 Å². The van der Waals surface area contributed by atoms with Gasteiger partial charge in [-0.05, 0) is 22.6 Å². The number of aromatic nitrogens is 4. The molecule has 0 radical (unpaired) electrons. The Morgan fingerprint density at radius 3 is 3.05 bits per heavy atom. The molecule has 2 heterocycles. The van der Waals surface area contributed by atoms with E-state index in [1.807, 2.05) is 0 Å². The van der Waals surface area contributed by atoms with E-state index < -0.39 is 5.97 Å². The van der Waals surface area contributed by atoms with Crippen LogP contribution in [-0.4, -0.2) is 42.9 Å². The lowest BCUT2D eigenvalue weighted by Crippen LogP contribution is -2.24. The van der Waals surface area contributed by atoms with Crippen molar-refractivity contribution in [2.75, 3.05) is 5.75 Å². The lowest BCUT2D eigenvalue weighted by Gasteiger charge is -2.03. The lowest BCUT2D eigenvalue weighted by molar-refractivity contribution is -0.138.